The topological polar surface area (TPSA) is 20.2 Å². The molecule has 1 fully saturated rings. The summed E-state index contributed by atoms with van der Waals surface area (Å²) in [7, 11) is 0. The van der Waals surface area contributed by atoms with Crippen molar-refractivity contribution in [2.45, 2.75) is 52.1 Å². The van der Waals surface area contributed by atoms with Crippen LogP contribution in [-0.4, -0.2) is 5.11 Å². The molecule has 0 atom stereocenters. The van der Waals surface area contributed by atoms with E-state index in [0.29, 0.717) is 11.3 Å². The Morgan fingerprint density at radius 2 is 1.94 bits per heavy atom. The van der Waals surface area contributed by atoms with Gasteiger partial charge in [-0.3, -0.25) is 0 Å². The lowest BCUT2D eigenvalue weighted by Gasteiger charge is -2.34. The Morgan fingerprint density at radius 3 is 2.56 bits per heavy atom. The van der Waals surface area contributed by atoms with E-state index in [-0.39, 0.29) is 6.61 Å². The molecule has 0 radical (unpaired) electrons. The molecule has 1 aromatic carbocycles. The minimum Gasteiger partial charge on any atom is -0.392 e. The van der Waals surface area contributed by atoms with E-state index in [9.17, 15) is 0 Å². The maximum atomic E-state index is 9.14. The summed E-state index contributed by atoms with van der Waals surface area (Å²) >= 11 is 0. The second kappa shape index (κ2) is 4.58. The number of rotatable bonds is 2. The molecule has 1 N–H and O–H groups in total. The third-order valence-electron chi connectivity index (χ3n) is 3.94. The highest BCUT2D eigenvalue weighted by molar-refractivity contribution is 5.26. The first-order valence-corrected chi connectivity index (χ1v) is 6.30. The molecule has 1 aromatic rings. The van der Waals surface area contributed by atoms with Crippen LogP contribution in [0.4, 0.5) is 0 Å². The summed E-state index contributed by atoms with van der Waals surface area (Å²) in [5, 5.41) is 9.14. The second-order valence-electron chi connectivity index (χ2n) is 5.84. The van der Waals surface area contributed by atoms with Crippen molar-refractivity contribution in [2.75, 3.05) is 0 Å². The fourth-order valence-corrected chi connectivity index (χ4v) is 2.68. The Balaban J connectivity index is 2.08. The normalized spacial score (nSPS) is 20.9. The lowest BCUT2D eigenvalue weighted by molar-refractivity contribution is 0.224. The summed E-state index contributed by atoms with van der Waals surface area (Å²) in [6.45, 7) is 4.90. The molecule has 0 saturated heterocycles. The Morgan fingerprint density at radius 1 is 1.25 bits per heavy atom. The number of aliphatic hydroxyl groups is 1. The third-order valence-corrected chi connectivity index (χ3v) is 3.94. The Labute approximate surface area is 98.5 Å². The number of benzene rings is 1. The molecule has 88 valence electrons. The zero-order valence-corrected chi connectivity index (χ0v) is 10.4. The van der Waals surface area contributed by atoms with Gasteiger partial charge in [0.15, 0.2) is 0 Å². The zero-order chi connectivity index (χ0) is 11.6. The summed E-state index contributed by atoms with van der Waals surface area (Å²) in [6, 6.07) is 8.45. The molecule has 0 aromatic heterocycles. The lowest BCUT2D eigenvalue weighted by atomic mass is 9.71. The van der Waals surface area contributed by atoms with Crippen molar-refractivity contribution < 1.29 is 5.11 Å². The molecule has 1 aliphatic rings. The van der Waals surface area contributed by atoms with E-state index in [4.69, 9.17) is 5.11 Å². The minimum atomic E-state index is 0.159. The van der Waals surface area contributed by atoms with Crippen LogP contribution in [0.25, 0.3) is 0 Å². The first-order valence-electron chi connectivity index (χ1n) is 6.30. The van der Waals surface area contributed by atoms with Crippen LogP contribution < -0.4 is 0 Å². The van der Waals surface area contributed by atoms with Crippen LogP contribution in [0.5, 0.6) is 0 Å². The zero-order valence-electron chi connectivity index (χ0n) is 10.4. The van der Waals surface area contributed by atoms with Crippen molar-refractivity contribution in [2.24, 2.45) is 5.41 Å². The van der Waals surface area contributed by atoms with Gasteiger partial charge < -0.3 is 5.11 Å². The summed E-state index contributed by atoms with van der Waals surface area (Å²) in [4.78, 5) is 0. The number of aliphatic hydroxyl groups excluding tert-OH is 1. The molecule has 1 saturated carbocycles. The highest BCUT2D eigenvalue weighted by Crippen LogP contribution is 2.42. The maximum absolute atomic E-state index is 9.14. The molecule has 2 rings (SSSR count). The summed E-state index contributed by atoms with van der Waals surface area (Å²) in [6.07, 6.45) is 5.23. The van der Waals surface area contributed by atoms with Gasteiger partial charge in [0.2, 0.25) is 0 Å². The largest absolute Gasteiger partial charge is 0.392 e. The van der Waals surface area contributed by atoms with Gasteiger partial charge in [-0.1, -0.05) is 38.1 Å². The van der Waals surface area contributed by atoms with E-state index >= 15 is 0 Å². The maximum Gasteiger partial charge on any atom is 0.0681 e. The van der Waals surface area contributed by atoms with E-state index < -0.39 is 0 Å². The predicted octanol–water partition coefficient (Wildman–Crippen LogP) is 3.86. The third kappa shape index (κ3) is 2.65. The van der Waals surface area contributed by atoms with E-state index in [2.05, 4.69) is 32.0 Å². The lowest BCUT2D eigenvalue weighted by Crippen LogP contribution is -2.20. The first kappa shape index (κ1) is 11.7. The van der Waals surface area contributed by atoms with Crippen molar-refractivity contribution in [1.29, 1.82) is 0 Å². The van der Waals surface area contributed by atoms with E-state index in [1.165, 1.54) is 31.2 Å². The standard InChI is InChI=1S/C15H22O/c1-15(2)8-6-13(7-9-15)14-5-3-4-12(10-14)11-16/h3-5,10,13,16H,6-9,11H2,1-2H3. The summed E-state index contributed by atoms with van der Waals surface area (Å²) in [5.74, 6) is 0.708. The molecule has 0 heterocycles. The fraction of sp³-hybridized carbons (Fsp3) is 0.600. The van der Waals surface area contributed by atoms with Crippen LogP contribution in [0.2, 0.25) is 0 Å². The number of hydrogen-bond donors (Lipinski definition) is 1. The van der Waals surface area contributed by atoms with Gasteiger partial charge in [0, 0.05) is 0 Å². The van der Waals surface area contributed by atoms with Crippen LogP contribution in [0, 0.1) is 5.41 Å². The smallest absolute Gasteiger partial charge is 0.0681 e. The van der Waals surface area contributed by atoms with E-state index in [1.54, 1.807) is 0 Å². The second-order valence-corrected chi connectivity index (χ2v) is 5.84. The molecular formula is C15H22O. The SMILES string of the molecule is CC1(C)CCC(c2cccc(CO)c2)CC1. The van der Waals surface area contributed by atoms with Crippen molar-refractivity contribution in [3.8, 4) is 0 Å². The van der Waals surface area contributed by atoms with Gasteiger partial charge in [0.1, 0.15) is 0 Å². The van der Waals surface area contributed by atoms with Crippen LogP contribution in [-0.2, 0) is 6.61 Å². The van der Waals surface area contributed by atoms with Gasteiger partial charge in [-0.05, 0) is 48.1 Å². The fourth-order valence-electron chi connectivity index (χ4n) is 2.68. The first-order chi connectivity index (χ1) is 7.61. The molecule has 16 heavy (non-hydrogen) atoms. The average Bonchev–Trinajstić information content (AvgIpc) is 2.29. The Hall–Kier alpha value is -0.820. The van der Waals surface area contributed by atoms with Crippen molar-refractivity contribution in [3.63, 3.8) is 0 Å². The molecule has 0 amide bonds. The molecule has 1 heteroatoms. The molecule has 1 nitrogen and oxygen atoms in total. The van der Waals surface area contributed by atoms with Gasteiger partial charge in [-0.2, -0.15) is 0 Å². The highest BCUT2D eigenvalue weighted by Gasteiger charge is 2.27. The Bertz CT molecular complexity index is 344. The van der Waals surface area contributed by atoms with Crippen LogP contribution in [0.3, 0.4) is 0 Å². The molecular weight excluding hydrogens is 196 g/mol. The Kier molecular flexibility index (Phi) is 3.34. The van der Waals surface area contributed by atoms with Crippen LogP contribution >= 0.6 is 0 Å². The van der Waals surface area contributed by atoms with E-state index in [1.807, 2.05) is 6.07 Å². The van der Waals surface area contributed by atoms with Gasteiger partial charge in [-0.15, -0.1) is 0 Å². The molecule has 0 bridgehead atoms. The van der Waals surface area contributed by atoms with Gasteiger partial charge >= 0.3 is 0 Å². The number of hydrogen-bond acceptors (Lipinski definition) is 1. The van der Waals surface area contributed by atoms with E-state index in [0.717, 1.165) is 5.56 Å². The molecule has 0 unspecified atom stereocenters. The summed E-state index contributed by atoms with van der Waals surface area (Å²) < 4.78 is 0. The van der Waals surface area contributed by atoms with Crippen molar-refractivity contribution in [1.82, 2.24) is 0 Å². The highest BCUT2D eigenvalue weighted by atomic mass is 16.3. The van der Waals surface area contributed by atoms with Gasteiger partial charge in [-0.25, -0.2) is 0 Å². The van der Waals surface area contributed by atoms with Crippen molar-refractivity contribution >= 4 is 0 Å². The minimum absolute atomic E-state index is 0.159. The van der Waals surface area contributed by atoms with Gasteiger partial charge in [0.25, 0.3) is 0 Å². The molecule has 1 aliphatic carbocycles. The van der Waals surface area contributed by atoms with Gasteiger partial charge in [0.05, 0.1) is 6.61 Å². The van der Waals surface area contributed by atoms with Crippen LogP contribution in [0.1, 0.15) is 56.6 Å². The molecule has 0 aliphatic heterocycles. The average molecular weight is 218 g/mol. The predicted molar refractivity (Wildman–Crippen MR) is 67.4 cm³/mol. The van der Waals surface area contributed by atoms with Crippen molar-refractivity contribution in [3.05, 3.63) is 35.4 Å². The van der Waals surface area contributed by atoms with Crippen LogP contribution in [0.15, 0.2) is 24.3 Å². The molecule has 0 spiro atoms. The quantitative estimate of drug-likeness (QED) is 0.799. The summed E-state index contributed by atoms with van der Waals surface area (Å²) in [5.41, 5.74) is 3.00. The monoisotopic (exact) mass is 218 g/mol.